The summed E-state index contributed by atoms with van der Waals surface area (Å²) in [4.78, 5) is 4.71. The molecular formula is C108H78N4. The van der Waals surface area contributed by atoms with E-state index in [9.17, 15) is 0 Å². The Morgan fingerprint density at radius 2 is 0.464 bits per heavy atom. The minimum Gasteiger partial charge on any atom is -0.311 e. The Bertz CT molecular complexity index is 6350. The van der Waals surface area contributed by atoms with E-state index in [0.717, 1.165) is 101 Å². The molecule has 0 amide bonds. The molecule has 2 aliphatic carbocycles. The van der Waals surface area contributed by atoms with Gasteiger partial charge in [-0.1, -0.05) is 295 Å². The van der Waals surface area contributed by atoms with Crippen molar-refractivity contribution in [3.05, 3.63) is 423 Å². The summed E-state index contributed by atoms with van der Waals surface area (Å²) >= 11 is 0. The molecule has 2 aliphatic rings. The molecule has 0 fully saturated rings. The zero-order chi connectivity index (χ0) is 74.8. The third-order valence-electron chi connectivity index (χ3n) is 24.0. The Morgan fingerprint density at radius 3 is 0.795 bits per heavy atom. The highest BCUT2D eigenvalue weighted by Crippen LogP contribution is 2.57. The number of anilines is 6. The molecule has 0 saturated carbocycles. The number of nitrogens with zero attached hydrogens (tertiary/aromatic N) is 4. The van der Waals surface area contributed by atoms with Crippen molar-refractivity contribution in [2.75, 3.05) is 9.80 Å². The van der Waals surface area contributed by atoms with E-state index in [2.05, 4.69) is 447 Å². The van der Waals surface area contributed by atoms with Crippen molar-refractivity contribution >= 4 is 77.5 Å². The second kappa shape index (κ2) is 26.4. The normalized spacial score (nSPS) is 13.0. The van der Waals surface area contributed by atoms with Crippen LogP contribution < -0.4 is 9.80 Å². The van der Waals surface area contributed by atoms with Gasteiger partial charge in [-0.3, -0.25) is 0 Å². The molecule has 0 atom stereocenters. The summed E-state index contributed by atoms with van der Waals surface area (Å²) in [5.41, 5.74) is 34.6. The summed E-state index contributed by atoms with van der Waals surface area (Å²) in [5.74, 6) is 0. The van der Waals surface area contributed by atoms with Crippen molar-refractivity contribution in [2.24, 2.45) is 0 Å². The van der Waals surface area contributed by atoms with Crippen molar-refractivity contribution in [3.63, 3.8) is 0 Å². The first-order chi connectivity index (χ1) is 55.1. The number of rotatable bonds is 14. The molecular weight excluding hydrogens is 1350 g/mol. The highest BCUT2D eigenvalue weighted by molar-refractivity contribution is 6.28. The van der Waals surface area contributed by atoms with E-state index in [4.69, 9.17) is 0 Å². The molecule has 17 aromatic carbocycles. The minimum absolute atomic E-state index is 0.285. The summed E-state index contributed by atoms with van der Waals surface area (Å²) < 4.78 is 5.15. The first-order valence-corrected chi connectivity index (χ1v) is 39.1. The van der Waals surface area contributed by atoms with E-state index in [-0.39, 0.29) is 10.8 Å². The molecule has 0 aliphatic heterocycles. The van der Waals surface area contributed by atoms with Crippen molar-refractivity contribution in [1.82, 2.24) is 9.13 Å². The van der Waals surface area contributed by atoms with Crippen LogP contribution in [0.5, 0.6) is 0 Å². The third kappa shape index (κ3) is 10.6. The van der Waals surface area contributed by atoms with Gasteiger partial charge < -0.3 is 18.9 Å². The highest BCUT2D eigenvalue weighted by Gasteiger charge is 2.38. The van der Waals surface area contributed by atoms with Gasteiger partial charge in [-0.05, 0) is 244 Å². The molecule has 112 heavy (non-hydrogen) atoms. The van der Waals surface area contributed by atoms with Gasteiger partial charge in [0.15, 0.2) is 0 Å². The Morgan fingerprint density at radius 1 is 0.196 bits per heavy atom. The molecule has 2 aromatic heterocycles. The van der Waals surface area contributed by atoms with Crippen LogP contribution in [0.4, 0.5) is 34.1 Å². The molecule has 19 aromatic rings. The highest BCUT2D eigenvalue weighted by atomic mass is 15.1. The monoisotopic (exact) mass is 1430 g/mol. The summed E-state index contributed by atoms with van der Waals surface area (Å²) in [6, 6.07) is 149. The zero-order valence-corrected chi connectivity index (χ0v) is 62.9. The maximum absolute atomic E-state index is 2.60. The molecule has 0 saturated heterocycles. The fourth-order valence-corrected chi connectivity index (χ4v) is 18.9. The number of fused-ring (bicyclic) bond motifs is 10. The van der Waals surface area contributed by atoms with Crippen LogP contribution in [0, 0.1) is 0 Å². The summed E-state index contributed by atoms with van der Waals surface area (Å²) in [7, 11) is 0. The van der Waals surface area contributed by atoms with Gasteiger partial charge in [0, 0.05) is 78.2 Å². The van der Waals surface area contributed by atoms with Crippen molar-refractivity contribution in [2.45, 2.75) is 38.5 Å². The van der Waals surface area contributed by atoms with Gasteiger partial charge in [0.2, 0.25) is 0 Å². The van der Waals surface area contributed by atoms with Crippen LogP contribution in [0.25, 0.3) is 144 Å². The Kier molecular flexibility index (Phi) is 15.6. The average Bonchev–Trinajstić information content (AvgIpc) is 1.42. The van der Waals surface area contributed by atoms with E-state index in [1.54, 1.807) is 0 Å². The molecule has 0 unspecified atom stereocenters. The largest absolute Gasteiger partial charge is 0.311 e. The first kappa shape index (κ1) is 66.2. The third-order valence-corrected chi connectivity index (χ3v) is 24.0. The van der Waals surface area contributed by atoms with Crippen molar-refractivity contribution < 1.29 is 0 Å². The Balaban J connectivity index is 0.931. The number of aromatic nitrogens is 2. The van der Waals surface area contributed by atoms with E-state index in [0.29, 0.717) is 0 Å². The molecule has 4 heteroatoms. The fraction of sp³-hybridized carbons (Fsp3) is 0.0556. The molecule has 4 nitrogen and oxygen atoms in total. The maximum atomic E-state index is 2.60. The van der Waals surface area contributed by atoms with E-state index < -0.39 is 0 Å². The van der Waals surface area contributed by atoms with Gasteiger partial charge in [-0.15, -0.1) is 0 Å². The van der Waals surface area contributed by atoms with Gasteiger partial charge in [0.25, 0.3) is 0 Å². The Hall–Kier alpha value is -14.1. The van der Waals surface area contributed by atoms with Gasteiger partial charge in [-0.2, -0.15) is 0 Å². The summed E-state index contributed by atoms with van der Waals surface area (Å²) in [6.07, 6.45) is 0. The molecule has 0 N–H and O–H groups in total. The fourth-order valence-electron chi connectivity index (χ4n) is 18.9. The lowest BCUT2D eigenvalue weighted by molar-refractivity contribution is 0.660. The van der Waals surface area contributed by atoms with Crippen LogP contribution >= 0.6 is 0 Å². The van der Waals surface area contributed by atoms with Gasteiger partial charge in [0.1, 0.15) is 0 Å². The van der Waals surface area contributed by atoms with Crippen molar-refractivity contribution in [3.8, 4) is 101 Å². The number of benzene rings is 17. The standard InChI is InChI=1S/C108H78N4/c1-107(2)95-51-31-29-49-85(95)87-63-53-75(65-97(87)107)101-89-67-93-100(112(105(73-37-17-7-18-38-73)103(93)71-33-13-5-14-34-71)84-61-57-82(58-62-84)110(79-45-25-11-26-46-79)80-47-27-12-28-48-80)70-92(89)102(76-54-64-88-86-50-30-32-52-96(86)108(3,4)98(88)66-76)90-68-94-99(69-91(90)101)111(106(74-39-19-8-20-40-74)104(94)72-35-15-6-16-36-72)83-59-55-81(56-60-83)109(77-41-21-9-22-42-77)78-43-23-10-24-44-78/h5-70H,1-4H3. The van der Waals surface area contributed by atoms with Crippen LogP contribution in [0.2, 0.25) is 0 Å². The van der Waals surface area contributed by atoms with Crippen LogP contribution in [-0.4, -0.2) is 9.13 Å². The van der Waals surface area contributed by atoms with Crippen LogP contribution in [0.1, 0.15) is 49.9 Å². The van der Waals surface area contributed by atoms with Crippen LogP contribution in [0.15, 0.2) is 400 Å². The lowest BCUT2D eigenvalue weighted by Gasteiger charge is -2.26. The van der Waals surface area contributed by atoms with Crippen LogP contribution in [-0.2, 0) is 10.8 Å². The van der Waals surface area contributed by atoms with Gasteiger partial charge >= 0.3 is 0 Å². The second-order valence-corrected chi connectivity index (χ2v) is 31.1. The second-order valence-electron chi connectivity index (χ2n) is 31.1. The predicted molar refractivity (Wildman–Crippen MR) is 472 cm³/mol. The smallest absolute Gasteiger partial charge is 0.0619 e. The minimum atomic E-state index is -0.285. The molecule has 2 heterocycles. The molecule has 0 bridgehead atoms. The average molecular weight is 1430 g/mol. The van der Waals surface area contributed by atoms with Gasteiger partial charge in [0.05, 0.1) is 22.4 Å². The molecule has 0 spiro atoms. The molecule has 0 radical (unpaired) electrons. The van der Waals surface area contributed by atoms with Crippen molar-refractivity contribution in [1.29, 1.82) is 0 Å². The molecule has 21 rings (SSSR count). The topological polar surface area (TPSA) is 16.3 Å². The van der Waals surface area contributed by atoms with Gasteiger partial charge in [-0.25, -0.2) is 0 Å². The maximum Gasteiger partial charge on any atom is 0.0619 e. The predicted octanol–water partition coefficient (Wildman–Crippen LogP) is 29.4. The van der Waals surface area contributed by atoms with E-state index in [1.165, 1.54) is 99.4 Å². The summed E-state index contributed by atoms with van der Waals surface area (Å²) in [5, 5.41) is 7.00. The first-order valence-electron chi connectivity index (χ1n) is 39.1. The van der Waals surface area contributed by atoms with Crippen LogP contribution in [0.3, 0.4) is 0 Å². The summed E-state index contributed by atoms with van der Waals surface area (Å²) in [6.45, 7) is 9.68. The molecule has 530 valence electrons. The van der Waals surface area contributed by atoms with E-state index in [1.807, 2.05) is 0 Å². The SMILES string of the molecule is CC1(C)c2ccccc2-c2ccc(-c3c4cc5c(-c6ccccc6)c(-c6ccccc6)n(-c6ccc(N(c7ccccc7)c7ccccc7)cc6)c5cc4c(-c4ccc5c(c4)C(C)(C)c4ccccc4-5)c4cc5c(-c6ccccc6)c(-c6ccccc6)n(-c6ccc(N(c7ccccc7)c7ccccc7)cc6)c5cc34)cc21. The number of hydrogen-bond donors (Lipinski definition) is 0. The number of hydrogen-bond acceptors (Lipinski definition) is 2. The zero-order valence-electron chi connectivity index (χ0n) is 62.9. The Labute approximate surface area is 653 Å². The van der Waals surface area contributed by atoms with E-state index >= 15 is 0 Å². The lowest BCUT2D eigenvalue weighted by Crippen LogP contribution is -2.15. The lowest BCUT2D eigenvalue weighted by atomic mass is 9.79. The quantitative estimate of drug-likeness (QED) is 0.101. The number of para-hydroxylation sites is 4.